The highest BCUT2D eigenvalue weighted by molar-refractivity contribution is 5.89. The van der Waals surface area contributed by atoms with E-state index < -0.39 is 11.6 Å². The van der Waals surface area contributed by atoms with Crippen molar-refractivity contribution in [3.05, 3.63) is 29.8 Å². The number of piperazine rings is 1. The molecule has 1 fully saturated rings. The predicted octanol–water partition coefficient (Wildman–Crippen LogP) is 3.16. The maximum absolute atomic E-state index is 13.1. The first-order valence-electron chi connectivity index (χ1n) is 7.69. The SMILES string of the molecule is CC(C)CCN1CCN(C(=O)Nc2ccc(F)c(F)c2)CC1. The van der Waals surface area contributed by atoms with Crippen LogP contribution >= 0.6 is 0 Å². The van der Waals surface area contributed by atoms with Crippen molar-refractivity contribution >= 4 is 11.7 Å². The van der Waals surface area contributed by atoms with Gasteiger partial charge >= 0.3 is 6.03 Å². The van der Waals surface area contributed by atoms with Crippen molar-refractivity contribution in [1.82, 2.24) is 9.80 Å². The van der Waals surface area contributed by atoms with Gasteiger partial charge in [-0.05, 0) is 31.0 Å². The standard InChI is InChI=1S/C16H23F2N3O/c1-12(2)5-6-20-7-9-21(10-8-20)16(22)19-13-3-4-14(17)15(18)11-13/h3-4,11-12H,5-10H2,1-2H3,(H,19,22). The summed E-state index contributed by atoms with van der Waals surface area (Å²) < 4.78 is 26.0. The molecule has 1 saturated heterocycles. The van der Waals surface area contributed by atoms with E-state index in [1.54, 1.807) is 4.90 Å². The van der Waals surface area contributed by atoms with Crippen LogP contribution in [0.5, 0.6) is 0 Å². The van der Waals surface area contributed by atoms with Crippen molar-refractivity contribution in [2.75, 3.05) is 38.0 Å². The zero-order valence-electron chi connectivity index (χ0n) is 13.1. The van der Waals surface area contributed by atoms with Crippen LogP contribution in [0.15, 0.2) is 18.2 Å². The number of hydrogen-bond acceptors (Lipinski definition) is 2. The van der Waals surface area contributed by atoms with Gasteiger partial charge in [-0.25, -0.2) is 13.6 Å². The molecule has 1 N–H and O–H groups in total. The molecule has 6 heteroatoms. The molecule has 0 unspecified atom stereocenters. The van der Waals surface area contributed by atoms with Crippen molar-refractivity contribution in [1.29, 1.82) is 0 Å². The Bertz CT molecular complexity index is 514. The fourth-order valence-electron chi connectivity index (χ4n) is 2.39. The van der Waals surface area contributed by atoms with Gasteiger partial charge in [0.2, 0.25) is 0 Å². The summed E-state index contributed by atoms with van der Waals surface area (Å²) in [6.45, 7) is 8.43. The van der Waals surface area contributed by atoms with E-state index in [1.807, 2.05) is 0 Å². The number of rotatable bonds is 4. The molecule has 0 atom stereocenters. The predicted molar refractivity (Wildman–Crippen MR) is 82.8 cm³/mol. The minimum absolute atomic E-state index is 0.269. The van der Waals surface area contributed by atoms with Gasteiger partial charge in [0, 0.05) is 37.9 Å². The fraction of sp³-hybridized carbons (Fsp3) is 0.562. The molecule has 2 rings (SSSR count). The lowest BCUT2D eigenvalue weighted by Gasteiger charge is -2.35. The van der Waals surface area contributed by atoms with Gasteiger partial charge in [0.1, 0.15) is 0 Å². The monoisotopic (exact) mass is 311 g/mol. The van der Waals surface area contributed by atoms with E-state index in [0.29, 0.717) is 19.0 Å². The topological polar surface area (TPSA) is 35.6 Å². The second-order valence-electron chi connectivity index (χ2n) is 6.07. The minimum Gasteiger partial charge on any atom is -0.322 e. The van der Waals surface area contributed by atoms with Crippen molar-refractivity contribution < 1.29 is 13.6 Å². The van der Waals surface area contributed by atoms with Gasteiger partial charge in [-0.3, -0.25) is 4.90 Å². The van der Waals surface area contributed by atoms with Gasteiger partial charge < -0.3 is 10.2 Å². The number of urea groups is 1. The normalized spacial score (nSPS) is 16.1. The third kappa shape index (κ3) is 4.66. The first-order valence-corrected chi connectivity index (χ1v) is 7.69. The summed E-state index contributed by atoms with van der Waals surface area (Å²) in [7, 11) is 0. The number of carbonyl (C=O) groups is 1. The van der Waals surface area contributed by atoms with Crippen molar-refractivity contribution in [3.8, 4) is 0 Å². The summed E-state index contributed by atoms with van der Waals surface area (Å²) >= 11 is 0. The fourth-order valence-corrected chi connectivity index (χ4v) is 2.39. The molecule has 0 bridgehead atoms. The Morgan fingerprint density at radius 3 is 2.45 bits per heavy atom. The molecule has 122 valence electrons. The van der Waals surface area contributed by atoms with Crippen LogP contribution in [0, 0.1) is 17.6 Å². The zero-order valence-corrected chi connectivity index (χ0v) is 13.1. The molecule has 0 saturated carbocycles. The molecular formula is C16H23F2N3O. The summed E-state index contributed by atoms with van der Waals surface area (Å²) in [6.07, 6.45) is 1.15. The summed E-state index contributed by atoms with van der Waals surface area (Å²) in [6, 6.07) is 3.09. The molecule has 0 aliphatic carbocycles. The molecule has 1 aromatic rings. The number of anilines is 1. The van der Waals surface area contributed by atoms with Gasteiger partial charge in [-0.1, -0.05) is 13.8 Å². The lowest BCUT2D eigenvalue weighted by molar-refractivity contribution is 0.143. The molecule has 1 aromatic carbocycles. The number of benzene rings is 1. The molecule has 1 aliphatic heterocycles. The van der Waals surface area contributed by atoms with Crippen LogP contribution < -0.4 is 5.32 Å². The number of halogens is 2. The van der Waals surface area contributed by atoms with E-state index in [0.717, 1.165) is 38.2 Å². The Labute approximate surface area is 130 Å². The first-order chi connectivity index (χ1) is 10.5. The van der Waals surface area contributed by atoms with E-state index in [4.69, 9.17) is 0 Å². The second kappa shape index (κ2) is 7.54. The lowest BCUT2D eigenvalue weighted by atomic mass is 10.1. The molecule has 0 spiro atoms. The molecular weight excluding hydrogens is 288 g/mol. The molecule has 2 amide bonds. The molecule has 0 aromatic heterocycles. The smallest absolute Gasteiger partial charge is 0.321 e. The van der Waals surface area contributed by atoms with Gasteiger partial charge in [0.05, 0.1) is 0 Å². The van der Waals surface area contributed by atoms with Crippen LogP contribution in [0.4, 0.5) is 19.3 Å². The Balaban J connectivity index is 1.81. The highest BCUT2D eigenvalue weighted by atomic mass is 19.2. The van der Waals surface area contributed by atoms with Crippen molar-refractivity contribution in [3.63, 3.8) is 0 Å². The van der Waals surface area contributed by atoms with Crippen LogP contribution in [-0.4, -0.2) is 48.6 Å². The third-order valence-corrected chi connectivity index (χ3v) is 3.85. The van der Waals surface area contributed by atoms with Gasteiger partial charge in [0.15, 0.2) is 11.6 Å². The molecule has 4 nitrogen and oxygen atoms in total. The average molecular weight is 311 g/mol. The minimum atomic E-state index is -0.962. The molecule has 22 heavy (non-hydrogen) atoms. The van der Waals surface area contributed by atoms with Crippen LogP contribution in [0.1, 0.15) is 20.3 Å². The first kappa shape index (κ1) is 16.7. The molecule has 1 aliphatic rings. The van der Waals surface area contributed by atoms with E-state index in [-0.39, 0.29) is 11.7 Å². The summed E-state index contributed by atoms with van der Waals surface area (Å²) in [5, 5.41) is 2.61. The summed E-state index contributed by atoms with van der Waals surface area (Å²) in [4.78, 5) is 16.2. The van der Waals surface area contributed by atoms with E-state index in [1.165, 1.54) is 6.07 Å². The van der Waals surface area contributed by atoms with Crippen LogP contribution in [-0.2, 0) is 0 Å². The Morgan fingerprint density at radius 2 is 1.86 bits per heavy atom. The number of amides is 2. The van der Waals surface area contributed by atoms with Gasteiger partial charge in [0.25, 0.3) is 0 Å². The van der Waals surface area contributed by atoms with Gasteiger partial charge in [-0.2, -0.15) is 0 Å². The highest BCUT2D eigenvalue weighted by Gasteiger charge is 2.21. The number of carbonyl (C=O) groups excluding carboxylic acids is 1. The Kier molecular flexibility index (Phi) is 5.71. The third-order valence-electron chi connectivity index (χ3n) is 3.85. The summed E-state index contributed by atoms with van der Waals surface area (Å²) in [5.41, 5.74) is 0.270. The quantitative estimate of drug-likeness (QED) is 0.927. The molecule has 0 radical (unpaired) electrons. The highest BCUT2D eigenvalue weighted by Crippen LogP contribution is 2.14. The number of nitrogens with one attached hydrogen (secondary N) is 1. The van der Waals surface area contributed by atoms with Gasteiger partial charge in [-0.15, -0.1) is 0 Å². The number of hydrogen-bond donors (Lipinski definition) is 1. The largest absolute Gasteiger partial charge is 0.322 e. The van der Waals surface area contributed by atoms with Crippen LogP contribution in [0.2, 0.25) is 0 Å². The summed E-state index contributed by atoms with van der Waals surface area (Å²) in [5.74, 6) is -1.21. The average Bonchev–Trinajstić information content (AvgIpc) is 2.49. The van der Waals surface area contributed by atoms with E-state index in [2.05, 4.69) is 24.1 Å². The van der Waals surface area contributed by atoms with Crippen molar-refractivity contribution in [2.24, 2.45) is 5.92 Å². The lowest BCUT2D eigenvalue weighted by Crippen LogP contribution is -2.50. The Morgan fingerprint density at radius 1 is 1.18 bits per heavy atom. The van der Waals surface area contributed by atoms with Crippen LogP contribution in [0.3, 0.4) is 0 Å². The maximum Gasteiger partial charge on any atom is 0.321 e. The number of nitrogens with zero attached hydrogens (tertiary/aromatic N) is 2. The van der Waals surface area contributed by atoms with E-state index in [9.17, 15) is 13.6 Å². The van der Waals surface area contributed by atoms with Crippen LogP contribution in [0.25, 0.3) is 0 Å². The molecule has 1 heterocycles. The maximum atomic E-state index is 13.1. The zero-order chi connectivity index (χ0) is 16.1. The second-order valence-corrected chi connectivity index (χ2v) is 6.07. The van der Waals surface area contributed by atoms with Crippen molar-refractivity contribution in [2.45, 2.75) is 20.3 Å². The van der Waals surface area contributed by atoms with E-state index >= 15 is 0 Å². The Hall–Kier alpha value is -1.69.